The Morgan fingerprint density at radius 3 is 2.62 bits per heavy atom. The third kappa shape index (κ3) is 2.89. The zero-order valence-corrected chi connectivity index (χ0v) is 12.8. The summed E-state index contributed by atoms with van der Waals surface area (Å²) in [6.07, 6.45) is 0.958. The largest absolute Gasteiger partial charge is 0.383 e. The molecule has 0 atom stereocenters. The Hall–Kier alpha value is -2.37. The minimum atomic E-state index is -0.381. The van der Waals surface area contributed by atoms with Gasteiger partial charge in [-0.05, 0) is 37.5 Å². The lowest BCUT2D eigenvalue weighted by Gasteiger charge is -2.08. The third-order valence-corrected chi connectivity index (χ3v) is 3.74. The quantitative estimate of drug-likeness (QED) is 0.678. The van der Waals surface area contributed by atoms with Crippen LogP contribution in [0.4, 0.5) is 11.4 Å². The highest BCUT2D eigenvalue weighted by molar-refractivity contribution is 5.62. The lowest BCUT2D eigenvalue weighted by molar-refractivity contribution is -0.384. The molecule has 1 aromatic carbocycles. The van der Waals surface area contributed by atoms with Crippen molar-refractivity contribution in [1.82, 2.24) is 9.78 Å². The molecule has 21 heavy (non-hydrogen) atoms. The third-order valence-electron chi connectivity index (χ3n) is 3.74. The van der Waals surface area contributed by atoms with Gasteiger partial charge in [0.1, 0.15) is 5.69 Å². The van der Waals surface area contributed by atoms with Crippen molar-refractivity contribution in [3.63, 3.8) is 0 Å². The zero-order valence-electron chi connectivity index (χ0n) is 12.8. The fraction of sp³-hybridized carbons (Fsp3) is 0.400. The number of nitro benzene ring substituents is 1. The summed E-state index contributed by atoms with van der Waals surface area (Å²) in [7, 11) is 1.69. The molecule has 0 spiro atoms. The SMILES string of the molecule is CCc1c(C)nn(Cc2ccc([N+](=O)[O-])c(NC)c2)c1C. The average Bonchev–Trinajstić information content (AvgIpc) is 2.72. The fourth-order valence-electron chi connectivity index (χ4n) is 2.61. The number of hydrogen-bond donors (Lipinski definition) is 1. The van der Waals surface area contributed by atoms with Crippen LogP contribution in [0.25, 0.3) is 0 Å². The monoisotopic (exact) mass is 288 g/mol. The summed E-state index contributed by atoms with van der Waals surface area (Å²) in [5.74, 6) is 0. The summed E-state index contributed by atoms with van der Waals surface area (Å²) in [6.45, 7) is 6.80. The molecule has 1 aromatic heterocycles. The Labute approximate surface area is 123 Å². The number of anilines is 1. The van der Waals surface area contributed by atoms with Crippen LogP contribution in [0.5, 0.6) is 0 Å². The van der Waals surface area contributed by atoms with Crippen LogP contribution >= 0.6 is 0 Å². The molecule has 2 rings (SSSR count). The van der Waals surface area contributed by atoms with Crippen molar-refractivity contribution in [2.45, 2.75) is 33.7 Å². The van der Waals surface area contributed by atoms with Crippen LogP contribution in [-0.2, 0) is 13.0 Å². The van der Waals surface area contributed by atoms with Crippen molar-refractivity contribution in [3.05, 3.63) is 50.8 Å². The second-order valence-electron chi connectivity index (χ2n) is 5.02. The van der Waals surface area contributed by atoms with Crippen LogP contribution in [0.15, 0.2) is 18.2 Å². The lowest BCUT2D eigenvalue weighted by Crippen LogP contribution is -2.05. The highest BCUT2D eigenvalue weighted by Gasteiger charge is 2.14. The van der Waals surface area contributed by atoms with Gasteiger partial charge in [0, 0.05) is 18.8 Å². The molecule has 112 valence electrons. The number of aromatic nitrogens is 2. The molecule has 0 fully saturated rings. The number of rotatable bonds is 5. The second kappa shape index (κ2) is 5.95. The maximum absolute atomic E-state index is 10.9. The normalized spacial score (nSPS) is 10.7. The van der Waals surface area contributed by atoms with Crippen molar-refractivity contribution in [2.75, 3.05) is 12.4 Å². The van der Waals surface area contributed by atoms with Crippen molar-refractivity contribution in [1.29, 1.82) is 0 Å². The van der Waals surface area contributed by atoms with Gasteiger partial charge in [-0.3, -0.25) is 14.8 Å². The van der Waals surface area contributed by atoms with E-state index in [9.17, 15) is 10.1 Å². The zero-order chi connectivity index (χ0) is 15.6. The molecule has 2 aromatic rings. The standard InChI is InChI=1S/C15H20N4O2/c1-5-13-10(2)17-18(11(13)3)9-12-6-7-15(19(20)21)14(8-12)16-4/h6-8,16H,5,9H2,1-4H3. The number of nitro groups is 1. The van der Waals surface area contributed by atoms with E-state index in [2.05, 4.69) is 24.3 Å². The van der Waals surface area contributed by atoms with Gasteiger partial charge in [0.2, 0.25) is 0 Å². The maximum Gasteiger partial charge on any atom is 0.292 e. The number of aryl methyl sites for hydroxylation is 1. The highest BCUT2D eigenvalue weighted by Crippen LogP contribution is 2.25. The molecule has 0 saturated carbocycles. The van der Waals surface area contributed by atoms with Crippen LogP contribution in [0.1, 0.15) is 29.4 Å². The molecule has 0 aliphatic heterocycles. The van der Waals surface area contributed by atoms with Crippen LogP contribution in [0.3, 0.4) is 0 Å². The molecule has 0 amide bonds. The van der Waals surface area contributed by atoms with E-state index in [0.29, 0.717) is 12.2 Å². The van der Waals surface area contributed by atoms with Crippen LogP contribution in [0.2, 0.25) is 0 Å². The van der Waals surface area contributed by atoms with Gasteiger partial charge >= 0.3 is 0 Å². The van der Waals surface area contributed by atoms with Crippen molar-refractivity contribution >= 4 is 11.4 Å². The van der Waals surface area contributed by atoms with E-state index in [1.54, 1.807) is 19.2 Å². The molecular formula is C15H20N4O2. The minimum absolute atomic E-state index is 0.0869. The molecule has 6 nitrogen and oxygen atoms in total. The Bertz CT molecular complexity index is 677. The van der Waals surface area contributed by atoms with E-state index in [0.717, 1.165) is 23.4 Å². The smallest absolute Gasteiger partial charge is 0.292 e. The average molecular weight is 288 g/mol. The second-order valence-corrected chi connectivity index (χ2v) is 5.02. The predicted octanol–water partition coefficient (Wildman–Crippen LogP) is 3.06. The van der Waals surface area contributed by atoms with E-state index in [4.69, 9.17) is 0 Å². The summed E-state index contributed by atoms with van der Waals surface area (Å²) in [6, 6.07) is 5.12. The van der Waals surface area contributed by atoms with Gasteiger partial charge in [0.15, 0.2) is 0 Å². The molecule has 0 saturated heterocycles. The first-order valence-electron chi connectivity index (χ1n) is 6.95. The Morgan fingerprint density at radius 2 is 2.10 bits per heavy atom. The van der Waals surface area contributed by atoms with Crippen LogP contribution in [-0.4, -0.2) is 21.8 Å². The fourth-order valence-corrected chi connectivity index (χ4v) is 2.61. The van der Waals surface area contributed by atoms with E-state index >= 15 is 0 Å². The predicted molar refractivity (Wildman–Crippen MR) is 82.8 cm³/mol. The summed E-state index contributed by atoms with van der Waals surface area (Å²) in [4.78, 5) is 10.6. The van der Waals surface area contributed by atoms with Gasteiger partial charge in [-0.2, -0.15) is 5.10 Å². The first-order chi connectivity index (χ1) is 9.97. The van der Waals surface area contributed by atoms with Gasteiger partial charge in [-0.15, -0.1) is 0 Å². The Kier molecular flexibility index (Phi) is 4.26. The van der Waals surface area contributed by atoms with Gasteiger partial charge in [0.25, 0.3) is 5.69 Å². The summed E-state index contributed by atoms with van der Waals surface area (Å²) in [5.41, 5.74) is 5.06. The molecule has 6 heteroatoms. The molecule has 0 unspecified atom stereocenters. The van der Waals surface area contributed by atoms with Gasteiger partial charge in [0.05, 0.1) is 17.2 Å². The van der Waals surface area contributed by atoms with E-state index in [1.807, 2.05) is 11.6 Å². The number of nitrogens with one attached hydrogen (secondary N) is 1. The molecule has 1 heterocycles. The van der Waals surface area contributed by atoms with Gasteiger partial charge in [-0.1, -0.05) is 13.0 Å². The summed E-state index contributed by atoms with van der Waals surface area (Å²) >= 11 is 0. The number of hydrogen-bond acceptors (Lipinski definition) is 4. The van der Waals surface area contributed by atoms with Crippen molar-refractivity contribution in [3.8, 4) is 0 Å². The maximum atomic E-state index is 10.9. The Balaban J connectivity index is 2.34. The van der Waals surface area contributed by atoms with E-state index in [1.165, 1.54) is 11.6 Å². The van der Waals surface area contributed by atoms with Crippen molar-refractivity contribution in [2.24, 2.45) is 0 Å². The molecule has 0 aliphatic rings. The lowest BCUT2D eigenvalue weighted by atomic mass is 10.1. The molecule has 0 aliphatic carbocycles. The molecule has 1 N–H and O–H groups in total. The highest BCUT2D eigenvalue weighted by atomic mass is 16.6. The first-order valence-corrected chi connectivity index (χ1v) is 6.95. The van der Waals surface area contributed by atoms with Crippen molar-refractivity contribution < 1.29 is 4.92 Å². The van der Waals surface area contributed by atoms with Crippen LogP contribution in [0, 0.1) is 24.0 Å². The molecule has 0 bridgehead atoms. The first kappa shape index (κ1) is 15.0. The van der Waals surface area contributed by atoms with E-state index in [-0.39, 0.29) is 10.6 Å². The van der Waals surface area contributed by atoms with Crippen LogP contribution < -0.4 is 5.32 Å². The number of benzene rings is 1. The topological polar surface area (TPSA) is 73.0 Å². The van der Waals surface area contributed by atoms with E-state index < -0.39 is 0 Å². The molecular weight excluding hydrogens is 268 g/mol. The van der Waals surface area contributed by atoms with Gasteiger partial charge in [-0.25, -0.2) is 0 Å². The summed E-state index contributed by atoms with van der Waals surface area (Å²) < 4.78 is 1.95. The minimum Gasteiger partial charge on any atom is -0.383 e. The Morgan fingerprint density at radius 1 is 1.38 bits per heavy atom. The summed E-state index contributed by atoms with van der Waals surface area (Å²) in [5, 5.41) is 18.4. The molecule has 0 radical (unpaired) electrons. The van der Waals surface area contributed by atoms with Gasteiger partial charge < -0.3 is 5.32 Å². The number of nitrogens with zero attached hydrogens (tertiary/aromatic N) is 3.